The SMILES string of the molecule is O=C(O)[C@@H]1O[C@H]2C[NH2+]C[C@@H]1O2.[Cl-]. The number of carbonyl (C=O) groups is 1. The summed E-state index contributed by atoms with van der Waals surface area (Å²) in [5.41, 5.74) is 0. The predicted molar refractivity (Wildman–Crippen MR) is 32.8 cm³/mol. The minimum absolute atomic E-state index is 0. The highest BCUT2D eigenvalue weighted by Gasteiger charge is 2.45. The Labute approximate surface area is 75.4 Å². The van der Waals surface area contributed by atoms with Gasteiger partial charge in [-0.1, -0.05) is 0 Å². The molecule has 2 saturated heterocycles. The number of aliphatic carboxylic acids is 1. The molecule has 2 aliphatic heterocycles. The molecule has 3 N–H and O–H groups in total. The van der Waals surface area contributed by atoms with Crippen molar-refractivity contribution in [2.24, 2.45) is 0 Å². The molecule has 12 heavy (non-hydrogen) atoms. The van der Waals surface area contributed by atoms with Crippen LogP contribution in [0.1, 0.15) is 0 Å². The summed E-state index contributed by atoms with van der Waals surface area (Å²) in [5, 5.41) is 10.7. The third-order valence-electron chi connectivity index (χ3n) is 1.96. The van der Waals surface area contributed by atoms with Crippen LogP contribution in [0.5, 0.6) is 0 Å². The number of morpholine rings is 1. The average Bonchev–Trinajstić information content (AvgIpc) is 2.27. The number of quaternary nitrogens is 1. The van der Waals surface area contributed by atoms with Crippen LogP contribution in [-0.2, 0) is 14.3 Å². The van der Waals surface area contributed by atoms with Crippen molar-refractivity contribution in [3.8, 4) is 0 Å². The standard InChI is InChI=1S/C6H9NO4.ClH/c8-6(9)5-3-1-7-2-4(10-3)11-5;/h3-5,7H,1-2H2,(H,8,9);1H/t3-,4-,5+;/m0./s1. The highest BCUT2D eigenvalue weighted by molar-refractivity contribution is 5.73. The Kier molecular flexibility index (Phi) is 2.89. The molecule has 0 radical (unpaired) electrons. The van der Waals surface area contributed by atoms with Gasteiger partial charge in [-0.05, 0) is 0 Å². The van der Waals surface area contributed by atoms with E-state index in [0.29, 0.717) is 13.1 Å². The van der Waals surface area contributed by atoms with Crippen LogP contribution in [0.15, 0.2) is 0 Å². The van der Waals surface area contributed by atoms with Crippen molar-refractivity contribution in [2.45, 2.75) is 18.5 Å². The quantitative estimate of drug-likeness (QED) is 0.439. The van der Waals surface area contributed by atoms with E-state index in [1.807, 2.05) is 5.32 Å². The first-order chi connectivity index (χ1) is 5.27. The van der Waals surface area contributed by atoms with Crippen molar-refractivity contribution in [1.82, 2.24) is 0 Å². The van der Waals surface area contributed by atoms with Crippen molar-refractivity contribution >= 4 is 5.97 Å². The van der Waals surface area contributed by atoms with Gasteiger partial charge in [-0.3, -0.25) is 0 Å². The molecular weight excluding hydrogens is 186 g/mol. The van der Waals surface area contributed by atoms with E-state index in [1.165, 1.54) is 0 Å². The summed E-state index contributed by atoms with van der Waals surface area (Å²) in [4.78, 5) is 10.5. The van der Waals surface area contributed by atoms with Crippen LogP contribution in [0.4, 0.5) is 0 Å². The third kappa shape index (κ3) is 1.54. The van der Waals surface area contributed by atoms with Gasteiger partial charge in [0.25, 0.3) is 0 Å². The van der Waals surface area contributed by atoms with E-state index in [2.05, 4.69) is 0 Å². The molecule has 0 amide bonds. The van der Waals surface area contributed by atoms with Crippen molar-refractivity contribution < 1.29 is 37.1 Å². The first-order valence-corrected chi connectivity index (χ1v) is 3.63. The number of hydrogen-bond donors (Lipinski definition) is 2. The van der Waals surface area contributed by atoms with Gasteiger partial charge in [-0.2, -0.15) is 0 Å². The second-order valence-corrected chi connectivity index (χ2v) is 2.76. The Hall–Kier alpha value is -0.360. The van der Waals surface area contributed by atoms with E-state index in [1.54, 1.807) is 0 Å². The van der Waals surface area contributed by atoms with Gasteiger partial charge in [0.1, 0.15) is 19.2 Å². The average molecular weight is 196 g/mol. The first kappa shape index (κ1) is 9.73. The molecule has 2 aliphatic rings. The number of fused-ring (bicyclic) bond motifs is 2. The van der Waals surface area contributed by atoms with Crippen molar-refractivity contribution in [1.29, 1.82) is 0 Å². The van der Waals surface area contributed by atoms with E-state index in [9.17, 15) is 4.79 Å². The predicted octanol–water partition coefficient (Wildman–Crippen LogP) is -5.24. The van der Waals surface area contributed by atoms with Gasteiger partial charge in [-0.15, -0.1) is 0 Å². The fourth-order valence-electron chi connectivity index (χ4n) is 1.45. The van der Waals surface area contributed by atoms with Crippen LogP contribution in [0, 0.1) is 0 Å². The lowest BCUT2D eigenvalue weighted by Gasteiger charge is -2.15. The number of rotatable bonds is 1. The van der Waals surface area contributed by atoms with Gasteiger partial charge < -0.3 is 32.3 Å². The Morgan fingerprint density at radius 3 is 2.75 bits per heavy atom. The number of halogens is 1. The number of ether oxygens (including phenoxy) is 2. The van der Waals surface area contributed by atoms with Crippen LogP contribution < -0.4 is 17.7 Å². The molecule has 6 heteroatoms. The molecule has 0 unspecified atom stereocenters. The van der Waals surface area contributed by atoms with Crippen LogP contribution >= 0.6 is 0 Å². The maximum Gasteiger partial charge on any atom is 0.335 e. The van der Waals surface area contributed by atoms with E-state index in [0.717, 1.165) is 0 Å². The minimum Gasteiger partial charge on any atom is -1.00 e. The van der Waals surface area contributed by atoms with Crippen LogP contribution in [0.3, 0.4) is 0 Å². The molecule has 2 bridgehead atoms. The summed E-state index contributed by atoms with van der Waals surface area (Å²) in [7, 11) is 0. The Balaban J connectivity index is 0.000000720. The number of carboxylic acids is 1. The molecule has 3 atom stereocenters. The Bertz CT molecular complexity index is 188. The van der Waals surface area contributed by atoms with Crippen molar-refractivity contribution in [2.75, 3.05) is 13.1 Å². The third-order valence-corrected chi connectivity index (χ3v) is 1.96. The molecule has 0 aromatic rings. The number of carboxylic acid groups (broad SMARTS) is 1. The van der Waals surface area contributed by atoms with Gasteiger partial charge in [0.2, 0.25) is 6.29 Å². The van der Waals surface area contributed by atoms with Gasteiger partial charge in [0.15, 0.2) is 6.10 Å². The summed E-state index contributed by atoms with van der Waals surface area (Å²) in [6, 6.07) is 0. The second-order valence-electron chi connectivity index (χ2n) is 2.76. The summed E-state index contributed by atoms with van der Waals surface area (Å²) < 4.78 is 10.3. The van der Waals surface area contributed by atoms with Crippen LogP contribution in [0.2, 0.25) is 0 Å². The highest BCUT2D eigenvalue weighted by Crippen LogP contribution is 2.19. The highest BCUT2D eigenvalue weighted by atomic mass is 35.5. The van der Waals surface area contributed by atoms with Gasteiger partial charge >= 0.3 is 5.97 Å². The van der Waals surface area contributed by atoms with Gasteiger partial charge in [0, 0.05) is 0 Å². The molecule has 2 heterocycles. The molecule has 5 nitrogen and oxygen atoms in total. The molecule has 2 rings (SSSR count). The van der Waals surface area contributed by atoms with E-state index in [-0.39, 0.29) is 24.8 Å². The summed E-state index contributed by atoms with van der Waals surface area (Å²) >= 11 is 0. The number of hydrogen-bond acceptors (Lipinski definition) is 3. The van der Waals surface area contributed by atoms with Gasteiger partial charge in [0.05, 0.1) is 0 Å². The Morgan fingerprint density at radius 2 is 2.17 bits per heavy atom. The summed E-state index contributed by atoms with van der Waals surface area (Å²) in [6.45, 7) is 1.40. The minimum atomic E-state index is -0.923. The molecule has 0 spiro atoms. The van der Waals surface area contributed by atoms with Crippen molar-refractivity contribution in [3.63, 3.8) is 0 Å². The molecule has 0 aromatic heterocycles. The largest absolute Gasteiger partial charge is 1.00 e. The zero-order chi connectivity index (χ0) is 7.84. The monoisotopic (exact) mass is 195 g/mol. The zero-order valence-electron chi connectivity index (χ0n) is 6.27. The van der Waals surface area contributed by atoms with Crippen LogP contribution in [-0.4, -0.2) is 42.7 Å². The fraction of sp³-hybridized carbons (Fsp3) is 0.833. The lowest BCUT2D eigenvalue weighted by Crippen LogP contribution is -3.00. The number of nitrogens with two attached hydrogens (primary N) is 1. The topological polar surface area (TPSA) is 72.4 Å². The second kappa shape index (κ2) is 3.57. The van der Waals surface area contributed by atoms with E-state index in [4.69, 9.17) is 14.6 Å². The normalized spacial score (nSPS) is 38.8. The molecule has 0 saturated carbocycles. The summed E-state index contributed by atoms with van der Waals surface area (Å²) in [5.74, 6) is -0.923. The van der Waals surface area contributed by atoms with Gasteiger partial charge in [-0.25, -0.2) is 4.79 Å². The van der Waals surface area contributed by atoms with E-state index >= 15 is 0 Å². The lowest BCUT2D eigenvalue weighted by atomic mass is 10.2. The van der Waals surface area contributed by atoms with Crippen molar-refractivity contribution in [3.05, 3.63) is 0 Å². The first-order valence-electron chi connectivity index (χ1n) is 3.63. The fourth-order valence-corrected chi connectivity index (χ4v) is 1.45. The molecule has 0 aromatic carbocycles. The molecule has 70 valence electrons. The van der Waals surface area contributed by atoms with Crippen LogP contribution in [0.25, 0.3) is 0 Å². The maximum atomic E-state index is 10.5. The lowest BCUT2D eigenvalue weighted by molar-refractivity contribution is -0.683. The molecular formula is C6H10ClNO4. The maximum absolute atomic E-state index is 10.5. The zero-order valence-corrected chi connectivity index (χ0v) is 7.03. The Morgan fingerprint density at radius 1 is 1.42 bits per heavy atom. The summed E-state index contributed by atoms with van der Waals surface area (Å²) in [6.07, 6.45) is -1.32. The van der Waals surface area contributed by atoms with E-state index < -0.39 is 12.1 Å². The molecule has 2 fully saturated rings. The molecule has 0 aliphatic carbocycles. The smallest absolute Gasteiger partial charge is 0.335 e.